The molecule has 0 bridgehead atoms. The fourth-order valence-electron chi connectivity index (χ4n) is 2.55. The summed E-state index contributed by atoms with van der Waals surface area (Å²) in [5, 5.41) is 21.4. The van der Waals surface area contributed by atoms with Crippen LogP contribution in [0, 0.1) is 11.8 Å². The molecule has 0 aromatic carbocycles. The van der Waals surface area contributed by atoms with Gasteiger partial charge in [0.1, 0.15) is 0 Å². The molecule has 1 fully saturated rings. The van der Waals surface area contributed by atoms with Crippen molar-refractivity contribution in [1.29, 1.82) is 0 Å². The molecule has 1 saturated heterocycles. The van der Waals surface area contributed by atoms with Crippen molar-refractivity contribution in [1.82, 2.24) is 10.2 Å². The van der Waals surface area contributed by atoms with Gasteiger partial charge in [0, 0.05) is 19.1 Å². The summed E-state index contributed by atoms with van der Waals surface area (Å²) in [5.74, 6) is -0.999. The zero-order valence-corrected chi connectivity index (χ0v) is 13.2. The highest BCUT2D eigenvalue weighted by atomic mass is 16.4. The Kier molecular flexibility index (Phi) is 6.95. The Morgan fingerprint density at radius 2 is 2.00 bits per heavy atom. The molecule has 3 N–H and O–H groups in total. The zero-order chi connectivity index (χ0) is 16.0. The van der Waals surface area contributed by atoms with Gasteiger partial charge < -0.3 is 20.4 Å². The second-order valence-corrected chi connectivity index (χ2v) is 6.30. The van der Waals surface area contributed by atoms with Gasteiger partial charge in [-0.2, -0.15) is 0 Å². The average Bonchev–Trinajstić information content (AvgIpc) is 2.41. The smallest absolute Gasteiger partial charge is 0.317 e. The SMILES string of the molecule is CC(CCCC(C)C(=O)O)NC(=O)N1CCC(O)C(C)C1. The molecule has 0 spiro atoms. The number of urea groups is 1. The highest BCUT2D eigenvalue weighted by Gasteiger charge is 2.27. The van der Waals surface area contributed by atoms with Crippen molar-refractivity contribution in [2.24, 2.45) is 11.8 Å². The van der Waals surface area contributed by atoms with Gasteiger partial charge in [-0.1, -0.05) is 20.3 Å². The molecule has 2 amide bonds. The van der Waals surface area contributed by atoms with Crippen LogP contribution in [0.4, 0.5) is 4.79 Å². The van der Waals surface area contributed by atoms with Crippen molar-refractivity contribution >= 4 is 12.0 Å². The van der Waals surface area contributed by atoms with Gasteiger partial charge in [0.05, 0.1) is 12.0 Å². The van der Waals surface area contributed by atoms with Gasteiger partial charge in [-0.05, 0) is 32.1 Å². The van der Waals surface area contributed by atoms with Gasteiger partial charge >= 0.3 is 12.0 Å². The molecule has 6 heteroatoms. The maximum Gasteiger partial charge on any atom is 0.317 e. The number of rotatable bonds is 6. The number of hydrogen-bond donors (Lipinski definition) is 3. The fourth-order valence-corrected chi connectivity index (χ4v) is 2.55. The van der Waals surface area contributed by atoms with Crippen molar-refractivity contribution in [3.05, 3.63) is 0 Å². The minimum atomic E-state index is -0.771. The van der Waals surface area contributed by atoms with E-state index in [1.165, 1.54) is 0 Å². The predicted octanol–water partition coefficient (Wildman–Crippen LogP) is 1.68. The largest absolute Gasteiger partial charge is 0.481 e. The summed E-state index contributed by atoms with van der Waals surface area (Å²) in [4.78, 5) is 24.6. The monoisotopic (exact) mass is 300 g/mol. The van der Waals surface area contributed by atoms with E-state index in [9.17, 15) is 14.7 Å². The van der Waals surface area contributed by atoms with E-state index in [4.69, 9.17) is 5.11 Å². The maximum absolute atomic E-state index is 12.1. The van der Waals surface area contributed by atoms with Gasteiger partial charge in [-0.15, -0.1) is 0 Å². The number of aliphatic hydroxyl groups is 1. The summed E-state index contributed by atoms with van der Waals surface area (Å²) in [6.45, 7) is 6.74. The van der Waals surface area contributed by atoms with Gasteiger partial charge in [0.25, 0.3) is 0 Å². The standard InChI is InChI=1S/C15H28N2O4/c1-10(14(19)20)5-4-6-12(3)16-15(21)17-8-7-13(18)11(2)9-17/h10-13,18H,4-9H2,1-3H3,(H,16,21)(H,19,20). The molecule has 4 atom stereocenters. The summed E-state index contributed by atoms with van der Waals surface area (Å²) in [5.41, 5.74) is 0. The van der Waals surface area contributed by atoms with E-state index in [0.717, 1.165) is 12.8 Å². The molecule has 1 rings (SSSR count). The third kappa shape index (κ3) is 5.91. The summed E-state index contributed by atoms with van der Waals surface area (Å²) < 4.78 is 0. The lowest BCUT2D eigenvalue weighted by Gasteiger charge is -2.35. The van der Waals surface area contributed by atoms with Gasteiger partial charge in [-0.25, -0.2) is 4.79 Å². The van der Waals surface area contributed by atoms with E-state index >= 15 is 0 Å². The minimum Gasteiger partial charge on any atom is -0.481 e. The Balaban J connectivity index is 2.26. The number of carboxylic acid groups (broad SMARTS) is 1. The molecule has 1 aliphatic heterocycles. The fraction of sp³-hybridized carbons (Fsp3) is 0.867. The van der Waals surface area contributed by atoms with Crippen LogP contribution in [0.15, 0.2) is 0 Å². The van der Waals surface area contributed by atoms with Crippen LogP contribution in [-0.4, -0.2) is 52.3 Å². The molecular weight excluding hydrogens is 272 g/mol. The molecule has 0 aliphatic carbocycles. The number of aliphatic carboxylic acids is 1. The molecule has 0 saturated carbocycles. The number of nitrogens with zero attached hydrogens (tertiary/aromatic N) is 1. The van der Waals surface area contributed by atoms with E-state index in [1.807, 2.05) is 13.8 Å². The normalized spacial score (nSPS) is 25.2. The van der Waals surface area contributed by atoms with E-state index in [0.29, 0.717) is 25.9 Å². The van der Waals surface area contributed by atoms with Crippen LogP contribution < -0.4 is 5.32 Å². The van der Waals surface area contributed by atoms with Gasteiger partial charge in [0.2, 0.25) is 0 Å². The number of aliphatic hydroxyl groups excluding tert-OH is 1. The first-order chi connectivity index (χ1) is 9.81. The lowest BCUT2D eigenvalue weighted by atomic mass is 9.97. The number of carbonyl (C=O) groups is 2. The van der Waals surface area contributed by atoms with Crippen LogP contribution in [0.5, 0.6) is 0 Å². The molecule has 0 aromatic heterocycles. The highest BCUT2D eigenvalue weighted by Crippen LogP contribution is 2.17. The first-order valence-electron chi connectivity index (χ1n) is 7.77. The number of carboxylic acids is 1. The van der Waals surface area contributed by atoms with Crippen LogP contribution in [-0.2, 0) is 4.79 Å². The molecule has 21 heavy (non-hydrogen) atoms. The Hall–Kier alpha value is -1.30. The van der Waals surface area contributed by atoms with Crippen molar-refractivity contribution in [3.63, 3.8) is 0 Å². The molecule has 4 unspecified atom stereocenters. The number of nitrogens with one attached hydrogen (secondary N) is 1. The molecule has 0 aromatic rings. The van der Waals surface area contributed by atoms with Gasteiger partial charge in [-0.3, -0.25) is 4.79 Å². The van der Waals surface area contributed by atoms with Crippen LogP contribution >= 0.6 is 0 Å². The second-order valence-electron chi connectivity index (χ2n) is 6.30. The number of piperidine rings is 1. The summed E-state index contributed by atoms with van der Waals surface area (Å²) in [7, 11) is 0. The topological polar surface area (TPSA) is 89.9 Å². The lowest BCUT2D eigenvalue weighted by molar-refractivity contribution is -0.141. The second kappa shape index (κ2) is 8.22. The van der Waals surface area contributed by atoms with Crippen molar-refractivity contribution in [3.8, 4) is 0 Å². The Morgan fingerprint density at radius 3 is 2.57 bits per heavy atom. The van der Waals surface area contributed by atoms with E-state index < -0.39 is 5.97 Å². The Morgan fingerprint density at radius 1 is 1.33 bits per heavy atom. The molecule has 1 heterocycles. The number of amides is 2. The average molecular weight is 300 g/mol. The zero-order valence-electron chi connectivity index (χ0n) is 13.2. The van der Waals surface area contributed by atoms with E-state index in [2.05, 4.69) is 5.32 Å². The highest BCUT2D eigenvalue weighted by molar-refractivity contribution is 5.74. The molecule has 122 valence electrons. The van der Waals surface area contributed by atoms with Crippen LogP contribution in [0.25, 0.3) is 0 Å². The van der Waals surface area contributed by atoms with Crippen LogP contribution in [0.2, 0.25) is 0 Å². The number of likely N-dealkylation sites (tertiary alicyclic amines) is 1. The molecule has 6 nitrogen and oxygen atoms in total. The van der Waals surface area contributed by atoms with Gasteiger partial charge in [0.15, 0.2) is 0 Å². The Bertz CT molecular complexity index is 362. The van der Waals surface area contributed by atoms with E-state index in [1.54, 1.807) is 11.8 Å². The first-order valence-corrected chi connectivity index (χ1v) is 7.77. The number of hydrogen-bond acceptors (Lipinski definition) is 3. The lowest BCUT2D eigenvalue weighted by Crippen LogP contribution is -2.50. The third-order valence-electron chi connectivity index (χ3n) is 4.21. The maximum atomic E-state index is 12.1. The van der Waals surface area contributed by atoms with E-state index in [-0.39, 0.29) is 30.0 Å². The quantitative estimate of drug-likeness (QED) is 0.696. The summed E-state index contributed by atoms with van der Waals surface area (Å²) >= 11 is 0. The van der Waals surface area contributed by atoms with Crippen LogP contribution in [0.1, 0.15) is 46.5 Å². The number of carbonyl (C=O) groups excluding carboxylic acids is 1. The predicted molar refractivity (Wildman–Crippen MR) is 80.0 cm³/mol. The first kappa shape index (κ1) is 17.8. The molecule has 1 aliphatic rings. The summed E-state index contributed by atoms with van der Waals surface area (Å²) in [6, 6.07) is -0.0619. The van der Waals surface area contributed by atoms with Crippen molar-refractivity contribution in [2.75, 3.05) is 13.1 Å². The third-order valence-corrected chi connectivity index (χ3v) is 4.21. The van der Waals surface area contributed by atoms with Crippen molar-refractivity contribution < 1.29 is 19.8 Å². The molecular formula is C15H28N2O4. The minimum absolute atomic E-state index is 0.0284. The van der Waals surface area contributed by atoms with Crippen molar-refractivity contribution in [2.45, 2.75) is 58.6 Å². The Labute approximate surface area is 126 Å². The molecule has 0 radical (unpaired) electrons. The van der Waals surface area contributed by atoms with Crippen LogP contribution in [0.3, 0.4) is 0 Å². The summed E-state index contributed by atoms with van der Waals surface area (Å²) in [6.07, 6.45) is 2.49.